The molecule has 1 amide bonds. The van der Waals surface area contributed by atoms with Gasteiger partial charge in [0.15, 0.2) is 0 Å². The molecule has 2 atom stereocenters. The van der Waals surface area contributed by atoms with Crippen LogP contribution in [0.5, 0.6) is 0 Å². The van der Waals surface area contributed by atoms with E-state index in [1.807, 2.05) is 18.7 Å². The molecule has 0 radical (unpaired) electrons. The van der Waals surface area contributed by atoms with Crippen LogP contribution in [0.25, 0.3) is 0 Å². The molecule has 21 heavy (non-hydrogen) atoms. The van der Waals surface area contributed by atoms with Crippen LogP contribution in [0, 0.1) is 5.92 Å². The molecule has 0 bridgehead atoms. The van der Waals surface area contributed by atoms with E-state index in [2.05, 4.69) is 6.92 Å². The van der Waals surface area contributed by atoms with Crippen LogP contribution in [-0.2, 0) is 23.8 Å². The second-order valence-electron chi connectivity index (χ2n) is 5.11. The molecule has 1 aliphatic heterocycles. The minimum Gasteiger partial charge on any atom is -0.469 e. The van der Waals surface area contributed by atoms with Gasteiger partial charge in [0.2, 0.25) is 5.91 Å². The topological polar surface area (TPSA) is 65.1 Å². The van der Waals surface area contributed by atoms with Crippen molar-refractivity contribution in [1.29, 1.82) is 0 Å². The zero-order valence-corrected chi connectivity index (χ0v) is 14.9. The molecular formula is C14H27NO5Si. The van der Waals surface area contributed by atoms with Crippen LogP contribution in [0.4, 0.5) is 0 Å². The van der Waals surface area contributed by atoms with Crippen LogP contribution in [0.1, 0.15) is 33.6 Å². The zero-order chi connectivity index (χ0) is 15.8. The van der Waals surface area contributed by atoms with Crippen molar-refractivity contribution in [3.63, 3.8) is 0 Å². The summed E-state index contributed by atoms with van der Waals surface area (Å²) in [5, 5.41) is 0. The van der Waals surface area contributed by atoms with E-state index < -0.39 is 9.52 Å². The van der Waals surface area contributed by atoms with Gasteiger partial charge < -0.3 is 19.1 Å². The number of esters is 1. The van der Waals surface area contributed by atoms with Gasteiger partial charge in [0.1, 0.15) is 15.4 Å². The van der Waals surface area contributed by atoms with Gasteiger partial charge in [0.25, 0.3) is 0 Å². The Kier molecular flexibility index (Phi) is 7.91. The molecule has 6 nitrogen and oxygen atoms in total. The predicted molar refractivity (Wildman–Crippen MR) is 81.5 cm³/mol. The Morgan fingerprint density at radius 3 is 2.43 bits per heavy atom. The largest absolute Gasteiger partial charge is 0.469 e. The summed E-state index contributed by atoms with van der Waals surface area (Å²) in [6, 6.07) is 0. The number of amides is 1. The first-order valence-corrected chi connectivity index (χ1v) is 9.31. The Balaban J connectivity index is 2.66. The Hall–Kier alpha value is -0.923. The number of hydrogen-bond acceptors (Lipinski definition) is 5. The molecule has 1 fully saturated rings. The van der Waals surface area contributed by atoms with Crippen LogP contribution < -0.4 is 0 Å². The molecule has 1 aliphatic rings. The molecule has 0 aromatic heterocycles. The summed E-state index contributed by atoms with van der Waals surface area (Å²) in [7, 11) is 0.574. The molecule has 2 unspecified atom stereocenters. The molecule has 1 heterocycles. The first kappa shape index (κ1) is 18.1. The second-order valence-corrected chi connectivity index (χ2v) is 7.19. The van der Waals surface area contributed by atoms with Crippen molar-refractivity contribution in [1.82, 2.24) is 4.90 Å². The van der Waals surface area contributed by atoms with E-state index in [0.29, 0.717) is 19.8 Å². The average molecular weight is 317 g/mol. The van der Waals surface area contributed by atoms with Gasteiger partial charge in [-0.05, 0) is 20.3 Å². The number of ether oxygens (including phenoxy) is 3. The first-order chi connectivity index (χ1) is 10.1. The lowest BCUT2D eigenvalue weighted by Gasteiger charge is -2.30. The highest BCUT2D eigenvalue weighted by Gasteiger charge is 2.38. The molecule has 0 spiro atoms. The van der Waals surface area contributed by atoms with Crippen LogP contribution in [0.2, 0.25) is 0 Å². The number of likely N-dealkylation sites (tertiary alicyclic amines) is 1. The van der Waals surface area contributed by atoms with Gasteiger partial charge >= 0.3 is 5.97 Å². The number of carbonyl (C=O) groups is 2. The first-order valence-electron chi connectivity index (χ1n) is 7.67. The Morgan fingerprint density at radius 2 is 1.95 bits per heavy atom. The summed E-state index contributed by atoms with van der Waals surface area (Å²) >= 11 is 0. The molecule has 0 aliphatic carbocycles. The molecule has 0 N–H and O–H groups in total. The average Bonchev–Trinajstić information content (AvgIpc) is 2.86. The van der Waals surface area contributed by atoms with Crippen molar-refractivity contribution in [3.05, 3.63) is 0 Å². The quantitative estimate of drug-likeness (QED) is 0.347. The summed E-state index contributed by atoms with van der Waals surface area (Å²) in [4.78, 5) is 25.6. The third kappa shape index (κ3) is 5.08. The lowest BCUT2D eigenvalue weighted by molar-refractivity contribution is -0.145. The van der Waals surface area contributed by atoms with E-state index in [-0.39, 0.29) is 35.8 Å². The molecular weight excluding hydrogens is 290 g/mol. The van der Waals surface area contributed by atoms with Crippen molar-refractivity contribution in [2.45, 2.75) is 45.2 Å². The van der Waals surface area contributed by atoms with Gasteiger partial charge in [-0.1, -0.05) is 6.92 Å². The van der Waals surface area contributed by atoms with E-state index in [1.54, 1.807) is 0 Å². The van der Waals surface area contributed by atoms with Crippen LogP contribution >= 0.6 is 0 Å². The van der Waals surface area contributed by atoms with E-state index in [9.17, 15) is 9.59 Å². The molecule has 1 rings (SSSR count). The highest BCUT2D eigenvalue weighted by molar-refractivity contribution is 6.39. The number of methoxy groups -OCH3 is 1. The van der Waals surface area contributed by atoms with Gasteiger partial charge in [-0.2, -0.15) is 0 Å². The van der Waals surface area contributed by atoms with Gasteiger partial charge in [0, 0.05) is 31.8 Å². The standard InChI is InChI=1S/C14H27NO5Si/c1-5-12(21-14(19-6-2)20-7-3)15-9-10(8-11(15)16)13(17)18-4/h10,12,14H,5-9,21H2,1-4H3. The number of nitrogens with zero attached hydrogens (tertiary/aromatic N) is 1. The van der Waals surface area contributed by atoms with Crippen molar-refractivity contribution in [2.75, 3.05) is 26.9 Å². The maximum absolute atomic E-state index is 12.2. The maximum Gasteiger partial charge on any atom is 0.310 e. The molecule has 122 valence electrons. The smallest absolute Gasteiger partial charge is 0.310 e. The fourth-order valence-electron chi connectivity index (χ4n) is 2.70. The Morgan fingerprint density at radius 1 is 1.33 bits per heavy atom. The van der Waals surface area contributed by atoms with Crippen molar-refractivity contribution >= 4 is 21.4 Å². The van der Waals surface area contributed by atoms with Gasteiger partial charge in [-0.3, -0.25) is 9.59 Å². The second kappa shape index (κ2) is 9.17. The van der Waals surface area contributed by atoms with E-state index in [1.165, 1.54) is 7.11 Å². The minimum atomic E-state index is -0.789. The van der Waals surface area contributed by atoms with Gasteiger partial charge in [0.05, 0.1) is 13.0 Å². The van der Waals surface area contributed by atoms with E-state index in [0.717, 1.165) is 6.42 Å². The molecule has 0 aromatic rings. The summed E-state index contributed by atoms with van der Waals surface area (Å²) in [6.07, 6.45) is 1.12. The Bertz CT molecular complexity index is 346. The summed E-state index contributed by atoms with van der Waals surface area (Å²) in [5.41, 5.74) is 0.162. The SMILES string of the molecule is CCOC(OCC)[SiH2]C(CC)N1CC(C(=O)OC)CC1=O. The normalized spacial score (nSPS) is 20.7. The summed E-state index contributed by atoms with van der Waals surface area (Å²) < 4.78 is 16.0. The van der Waals surface area contributed by atoms with Crippen LogP contribution in [0.15, 0.2) is 0 Å². The third-order valence-corrected chi connectivity index (χ3v) is 6.19. The van der Waals surface area contributed by atoms with Crippen molar-refractivity contribution < 1.29 is 23.8 Å². The van der Waals surface area contributed by atoms with E-state index in [4.69, 9.17) is 14.2 Å². The maximum atomic E-state index is 12.2. The molecule has 1 saturated heterocycles. The highest BCUT2D eigenvalue weighted by Crippen LogP contribution is 2.22. The molecule has 0 saturated carbocycles. The number of rotatable bonds is 9. The lowest BCUT2D eigenvalue weighted by atomic mass is 10.1. The lowest BCUT2D eigenvalue weighted by Crippen LogP contribution is -2.46. The van der Waals surface area contributed by atoms with Crippen molar-refractivity contribution in [2.24, 2.45) is 5.92 Å². The fraction of sp³-hybridized carbons (Fsp3) is 0.857. The van der Waals surface area contributed by atoms with Gasteiger partial charge in [-0.15, -0.1) is 0 Å². The van der Waals surface area contributed by atoms with Crippen LogP contribution in [0.3, 0.4) is 0 Å². The molecule has 7 heteroatoms. The highest BCUT2D eigenvalue weighted by atomic mass is 28.2. The monoisotopic (exact) mass is 317 g/mol. The molecule has 0 aromatic carbocycles. The van der Waals surface area contributed by atoms with E-state index >= 15 is 0 Å². The summed E-state index contributed by atoms with van der Waals surface area (Å²) in [6.45, 7) is 7.61. The van der Waals surface area contributed by atoms with Crippen molar-refractivity contribution in [3.8, 4) is 0 Å². The van der Waals surface area contributed by atoms with Crippen LogP contribution in [-0.4, -0.2) is 64.7 Å². The predicted octanol–water partition coefficient (Wildman–Crippen LogP) is 0.269. The van der Waals surface area contributed by atoms with Gasteiger partial charge in [-0.25, -0.2) is 0 Å². The number of hydrogen-bond donors (Lipinski definition) is 0. The minimum absolute atomic E-state index is 0.0384. The summed E-state index contributed by atoms with van der Waals surface area (Å²) in [5.74, 6) is -0.761. The number of carbonyl (C=O) groups excluding carboxylic acids is 2. The Labute approximate surface area is 128 Å². The zero-order valence-electron chi connectivity index (χ0n) is 13.5. The fourth-order valence-corrected chi connectivity index (χ4v) is 4.83. The third-order valence-electron chi connectivity index (χ3n) is 3.77.